The highest BCUT2D eigenvalue weighted by molar-refractivity contribution is 5.85. The van der Waals surface area contributed by atoms with Gasteiger partial charge in [-0.05, 0) is 31.7 Å². The quantitative estimate of drug-likeness (QED) is 0.856. The van der Waals surface area contributed by atoms with Crippen molar-refractivity contribution < 1.29 is 4.74 Å². The van der Waals surface area contributed by atoms with Crippen LogP contribution in [0.5, 0.6) is 5.75 Å². The summed E-state index contributed by atoms with van der Waals surface area (Å²) < 4.78 is 5.93. The van der Waals surface area contributed by atoms with Gasteiger partial charge in [0.1, 0.15) is 5.75 Å². The van der Waals surface area contributed by atoms with Gasteiger partial charge in [-0.15, -0.1) is 24.8 Å². The molecule has 1 aromatic rings. The number of nitrogens with zero attached hydrogens (tertiary/aromatic N) is 1. The minimum atomic E-state index is 0. The van der Waals surface area contributed by atoms with Crippen LogP contribution >= 0.6 is 24.8 Å². The molecule has 0 unspecified atom stereocenters. The minimum absolute atomic E-state index is 0. The van der Waals surface area contributed by atoms with Crippen LogP contribution in [0.4, 0.5) is 0 Å². The largest absolute Gasteiger partial charge is 0.494 e. The summed E-state index contributed by atoms with van der Waals surface area (Å²) in [5.74, 6) is 1.89. The topological polar surface area (TPSA) is 24.5 Å². The summed E-state index contributed by atoms with van der Waals surface area (Å²) in [4.78, 5) is 2.68. The maximum absolute atomic E-state index is 5.93. The average Bonchev–Trinajstić information content (AvgIpc) is 3.05. The molecule has 2 aliphatic rings. The molecular weight excluding hydrogens is 331 g/mol. The fourth-order valence-electron chi connectivity index (χ4n) is 3.99. The molecule has 0 bridgehead atoms. The number of rotatable bonds is 5. The van der Waals surface area contributed by atoms with Crippen molar-refractivity contribution in [1.82, 2.24) is 10.2 Å². The van der Waals surface area contributed by atoms with Crippen LogP contribution in [0.25, 0.3) is 0 Å². The van der Waals surface area contributed by atoms with Crippen LogP contribution < -0.4 is 10.1 Å². The Labute approximate surface area is 153 Å². The zero-order valence-corrected chi connectivity index (χ0v) is 15.6. The Morgan fingerprint density at radius 2 is 1.78 bits per heavy atom. The number of piperazine rings is 1. The molecule has 1 atom stereocenters. The number of nitrogens with one attached hydrogen (secondary N) is 1. The summed E-state index contributed by atoms with van der Waals surface area (Å²) in [7, 11) is 0. The SMILES string of the molecule is CCOc1ccccc1[C@H](C1CCCC1)N1CCNCC1.Cl.Cl. The third kappa shape index (κ3) is 4.99. The molecule has 1 saturated heterocycles. The van der Waals surface area contributed by atoms with Crippen LogP contribution in [0.3, 0.4) is 0 Å². The molecule has 0 aromatic heterocycles. The Morgan fingerprint density at radius 1 is 1.13 bits per heavy atom. The highest BCUT2D eigenvalue weighted by Crippen LogP contribution is 2.42. The molecule has 1 saturated carbocycles. The van der Waals surface area contributed by atoms with E-state index < -0.39 is 0 Å². The first-order valence-electron chi connectivity index (χ1n) is 8.56. The summed E-state index contributed by atoms with van der Waals surface area (Å²) in [5.41, 5.74) is 1.41. The van der Waals surface area contributed by atoms with Gasteiger partial charge >= 0.3 is 0 Å². The zero-order chi connectivity index (χ0) is 14.5. The molecule has 3 rings (SSSR count). The molecule has 0 radical (unpaired) electrons. The average molecular weight is 361 g/mol. The molecule has 1 aliphatic heterocycles. The van der Waals surface area contributed by atoms with Gasteiger partial charge in [-0.25, -0.2) is 0 Å². The van der Waals surface area contributed by atoms with Crippen molar-refractivity contribution >= 4 is 24.8 Å². The third-order valence-electron chi connectivity index (χ3n) is 4.93. The fourth-order valence-corrected chi connectivity index (χ4v) is 3.99. The van der Waals surface area contributed by atoms with Gasteiger partial charge in [-0.1, -0.05) is 31.0 Å². The van der Waals surface area contributed by atoms with Crippen molar-refractivity contribution in [2.24, 2.45) is 5.92 Å². The fraction of sp³-hybridized carbons (Fsp3) is 0.667. The van der Waals surface area contributed by atoms with Crippen LogP contribution in [0.1, 0.15) is 44.2 Å². The van der Waals surface area contributed by atoms with E-state index in [1.165, 1.54) is 31.2 Å². The number of ether oxygens (including phenoxy) is 1. The molecule has 23 heavy (non-hydrogen) atoms. The lowest BCUT2D eigenvalue weighted by Crippen LogP contribution is -2.46. The van der Waals surface area contributed by atoms with Crippen molar-refractivity contribution in [1.29, 1.82) is 0 Å². The molecule has 1 aliphatic carbocycles. The Morgan fingerprint density at radius 3 is 2.43 bits per heavy atom. The van der Waals surface area contributed by atoms with Crippen molar-refractivity contribution in [3.8, 4) is 5.75 Å². The highest BCUT2D eigenvalue weighted by atomic mass is 35.5. The Kier molecular flexibility index (Phi) is 9.30. The number of hydrogen-bond acceptors (Lipinski definition) is 3. The van der Waals surface area contributed by atoms with E-state index in [9.17, 15) is 0 Å². The lowest BCUT2D eigenvalue weighted by Gasteiger charge is -2.39. The molecule has 2 fully saturated rings. The van der Waals surface area contributed by atoms with E-state index in [4.69, 9.17) is 4.74 Å². The van der Waals surface area contributed by atoms with Crippen LogP contribution in [0.15, 0.2) is 24.3 Å². The normalized spacial score (nSPS) is 20.4. The molecule has 132 valence electrons. The molecular formula is C18H30Cl2N2O. The first-order valence-corrected chi connectivity index (χ1v) is 8.56. The van der Waals surface area contributed by atoms with Crippen molar-refractivity contribution in [2.75, 3.05) is 32.8 Å². The first kappa shape index (κ1) is 20.6. The Hall–Kier alpha value is -0.480. The van der Waals surface area contributed by atoms with E-state index in [-0.39, 0.29) is 24.8 Å². The number of hydrogen-bond donors (Lipinski definition) is 1. The molecule has 5 heteroatoms. The van der Waals surface area contributed by atoms with Crippen LogP contribution in [-0.4, -0.2) is 37.7 Å². The van der Waals surface area contributed by atoms with Gasteiger partial charge in [0.25, 0.3) is 0 Å². The van der Waals surface area contributed by atoms with E-state index in [1.54, 1.807) is 0 Å². The van der Waals surface area contributed by atoms with Gasteiger partial charge in [0.2, 0.25) is 0 Å². The number of benzene rings is 1. The van der Waals surface area contributed by atoms with E-state index in [0.717, 1.165) is 44.5 Å². The van der Waals surface area contributed by atoms with Crippen molar-refractivity contribution in [3.05, 3.63) is 29.8 Å². The lowest BCUT2D eigenvalue weighted by atomic mass is 9.89. The third-order valence-corrected chi connectivity index (χ3v) is 4.93. The molecule has 0 spiro atoms. The second-order valence-corrected chi connectivity index (χ2v) is 6.25. The summed E-state index contributed by atoms with van der Waals surface area (Å²) in [5, 5.41) is 3.48. The number of para-hydroxylation sites is 1. The molecule has 1 aromatic carbocycles. The van der Waals surface area contributed by atoms with Gasteiger partial charge in [0, 0.05) is 37.8 Å². The Bertz CT molecular complexity index is 446. The van der Waals surface area contributed by atoms with Gasteiger partial charge in [0.15, 0.2) is 0 Å². The highest BCUT2D eigenvalue weighted by Gasteiger charge is 2.33. The second-order valence-electron chi connectivity index (χ2n) is 6.25. The monoisotopic (exact) mass is 360 g/mol. The molecule has 0 amide bonds. The van der Waals surface area contributed by atoms with E-state index in [2.05, 4.69) is 41.4 Å². The van der Waals surface area contributed by atoms with Crippen LogP contribution in [0.2, 0.25) is 0 Å². The summed E-state index contributed by atoms with van der Waals surface area (Å²) in [6.45, 7) is 7.35. The molecule has 1 N–H and O–H groups in total. The van der Waals surface area contributed by atoms with Gasteiger partial charge in [-0.3, -0.25) is 4.90 Å². The predicted octanol–water partition coefficient (Wildman–Crippen LogP) is 4.07. The van der Waals surface area contributed by atoms with Gasteiger partial charge in [0.05, 0.1) is 6.61 Å². The van der Waals surface area contributed by atoms with Gasteiger partial charge in [-0.2, -0.15) is 0 Å². The van der Waals surface area contributed by atoms with Crippen LogP contribution in [0, 0.1) is 5.92 Å². The number of halogens is 2. The van der Waals surface area contributed by atoms with Crippen molar-refractivity contribution in [2.45, 2.75) is 38.6 Å². The maximum Gasteiger partial charge on any atom is 0.124 e. The summed E-state index contributed by atoms with van der Waals surface area (Å²) in [6, 6.07) is 9.23. The van der Waals surface area contributed by atoms with Crippen molar-refractivity contribution in [3.63, 3.8) is 0 Å². The predicted molar refractivity (Wildman–Crippen MR) is 101 cm³/mol. The second kappa shape index (κ2) is 10.4. The smallest absolute Gasteiger partial charge is 0.124 e. The van der Waals surface area contributed by atoms with E-state index in [0.29, 0.717) is 6.04 Å². The first-order chi connectivity index (χ1) is 10.4. The summed E-state index contributed by atoms with van der Waals surface area (Å²) in [6.07, 6.45) is 5.53. The van der Waals surface area contributed by atoms with Gasteiger partial charge < -0.3 is 10.1 Å². The van der Waals surface area contributed by atoms with Crippen LogP contribution in [-0.2, 0) is 0 Å². The maximum atomic E-state index is 5.93. The Balaban J connectivity index is 0.00000132. The minimum Gasteiger partial charge on any atom is -0.494 e. The van der Waals surface area contributed by atoms with E-state index in [1.807, 2.05) is 0 Å². The summed E-state index contributed by atoms with van der Waals surface area (Å²) >= 11 is 0. The lowest BCUT2D eigenvalue weighted by molar-refractivity contribution is 0.122. The molecule has 1 heterocycles. The van der Waals surface area contributed by atoms with E-state index >= 15 is 0 Å². The zero-order valence-electron chi connectivity index (χ0n) is 14.0. The standard InChI is InChI=1S/C18H28N2O.2ClH/c1-2-21-17-10-6-5-9-16(17)18(15-7-3-4-8-15)20-13-11-19-12-14-20;;/h5-6,9-10,15,18-19H,2-4,7-8,11-14H2,1H3;2*1H/t18-;;/m0../s1. The molecule has 3 nitrogen and oxygen atoms in total.